The van der Waals surface area contributed by atoms with Crippen molar-refractivity contribution in [1.29, 1.82) is 0 Å². The summed E-state index contributed by atoms with van der Waals surface area (Å²) in [6, 6.07) is 8.93. The molecule has 0 aromatic heterocycles. The summed E-state index contributed by atoms with van der Waals surface area (Å²) in [4.78, 5) is 13.3. The number of aliphatic carboxylic acids is 1. The van der Waals surface area contributed by atoms with Crippen LogP contribution in [0.25, 0.3) is 0 Å². The highest BCUT2D eigenvalue weighted by molar-refractivity contribution is 5.67. The van der Waals surface area contributed by atoms with E-state index in [-0.39, 0.29) is 6.42 Å². The molecule has 0 saturated heterocycles. The molecule has 1 N–H and O–H groups in total. The molecule has 116 valence electrons. The molecule has 0 radical (unpaired) electrons. The summed E-state index contributed by atoms with van der Waals surface area (Å²) >= 11 is 0. The summed E-state index contributed by atoms with van der Waals surface area (Å²) in [5.41, 5.74) is 2.40. The van der Waals surface area contributed by atoms with Crippen molar-refractivity contribution in [3.63, 3.8) is 0 Å². The van der Waals surface area contributed by atoms with Gasteiger partial charge in [0, 0.05) is 18.3 Å². The lowest BCUT2D eigenvalue weighted by molar-refractivity contribution is -0.136. The molecule has 2 rings (SSSR count). The zero-order chi connectivity index (χ0) is 15.4. The normalized spacial score (nSPS) is 25.6. The van der Waals surface area contributed by atoms with Crippen molar-refractivity contribution in [3.05, 3.63) is 29.8 Å². The molecule has 0 amide bonds. The van der Waals surface area contributed by atoms with Crippen molar-refractivity contribution < 1.29 is 9.90 Å². The number of rotatable bonds is 5. The van der Waals surface area contributed by atoms with Crippen molar-refractivity contribution in [2.75, 3.05) is 11.4 Å². The van der Waals surface area contributed by atoms with Crippen LogP contribution in [0.4, 0.5) is 5.69 Å². The fourth-order valence-electron chi connectivity index (χ4n) is 3.68. The van der Waals surface area contributed by atoms with Gasteiger partial charge in [-0.15, -0.1) is 0 Å². The molecule has 1 aliphatic carbocycles. The Kier molecular flexibility index (Phi) is 5.27. The Hall–Kier alpha value is -1.51. The van der Waals surface area contributed by atoms with Crippen LogP contribution >= 0.6 is 0 Å². The molecule has 3 nitrogen and oxygen atoms in total. The number of hydrogen-bond acceptors (Lipinski definition) is 2. The van der Waals surface area contributed by atoms with Crippen molar-refractivity contribution in [2.45, 2.75) is 52.5 Å². The van der Waals surface area contributed by atoms with Gasteiger partial charge in [0.05, 0.1) is 6.42 Å². The van der Waals surface area contributed by atoms with Gasteiger partial charge in [-0.25, -0.2) is 0 Å². The zero-order valence-electron chi connectivity index (χ0n) is 13.4. The fraction of sp³-hybridized carbons (Fsp3) is 0.611. The number of nitrogens with zero attached hydrogens (tertiary/aromatic N) is 1. The minimum Gasteiger partial charge on any atom is -0.481 e. The number of carboxylic acid groups (broad SMARTS) is 1. The van der Waals surface area contributed by atoms with Crippen LogP contribution in [0.5, 0.6) is 0 Å². The predicted octanol–water partition coefficient (Wildman–Crippen LogP) is 4.10. The summed E-state index contributed by atoms with van der Waals surface area (Å²) in [5, 5.41) is 9.06. The Balaban J connectivity index is 2.25. The Morgan fingerprint density at radius 3 is 2.29 bits per heavy atom. The molecule has 0 aliphatic heterocycles. The van der Waals surface area contributed by atoms with Crippen LogP contribution in [0, 0.1) is 18.8 Å². The lowest BCUT2D eigenvalue weighted by Crippen LogP contribution is -2.47. The van der Waals surface area contributed by atoms with Gasteiger partial charge in [0.15, 0.2) is 0 Å². The standard InChI is InChI=1S/C18H27NO2/c1-13-7-9-16(10-8-13)19(12-11-17(20)21)18-14(2)5-4-6-15(18)3/h7-10,14-15,18H,4-6,11-12H2,1-3H3,(H,20,21). The first-order chi connectivity index (χ1) is 9.99. The van der Waals surface area contributed by atoms with Gasteiger partial charge < -0.3 is 10.0 Å². The van der Waals surface area contributed by atoms with E-state index in [0.717, 1.165) is 5.69 Å². The maximum Gasteiger partial charge on any atom is 0.305 e. The molecular formula is C18H27NO2. The third-order valence-corrected chi connectivity index (χ3v) is 4.78. The molecule has 1 aromatic rings. The van der Waals surface area contributed by atoms with Gasteiger partial charge in [0.2, 0.25) is 0 Å². The largest absolute Gasteiger partial charge is 0.481 e. The van der Waals surface area contributed by atoms with Gasteiger partial charge >= 0.3 is 5.97 Å². The van der Waals surface area contributed by atoms with Gasteiger partial charge in [-0.2, -0.15) is 0 Å². The van der Waals surface area contributed by atoms with E-state index in [9.17, 15) is 4.79 Å². The number of anilines is 1. The lowest BCUT2D eigenvalue weighted by atomic mass is 9.77. The van der Waals surface area contributed by atoms with Gasteiger partial charge in [0.1, 0.15) is 0 Å². The van der Waals surface area contributed by atoms with Crippen LogP contribution in [-0.2, 0) is 4.79 Å². The molecule has 0 bridgehead atoms. The van der Waals surface area contributed by atoms with E-state index in [1.165, 1.54) is 24.8 Å². The zero-order valence-corrected chi connectivity index (χ0v) is 13.4. The second kappa shape index (κ2) is 6.97. The van der Waals surface area contributed by atoms with Crippen molar-refractivity contribution in [1.82, 2.24) is 0 Å². The van der Waals surface area contributed by atoms with Gasteiger partial charge in [-0.1, -0.05) is 38.0 Å². The summed E-state index contributed by atoms with van der Waals surface area (Å²) in [7, 11) is 0. The first-order valence-corrected chi connectivity index (χ1v) is 8.04. The SMILES string of the molecule is Cc1ccc(N(CCC(=O)O)C2C(C)CCCC2C)cc1. The van der Waals surface area contributed by atoms with Gasteiger partial charge in [-0.05, 0) is 43.7 Å². The smallest absolute Gasteiger partial charge is 0.305 e. The third kappa shape index (κ3) is 3.99. The second-order valence-electron chi connectivity index (χ2n) is 6.55. The molecule has 1 saturated carbocycles. The molecule has 1 aromatic carbocycles. The van der Waals surface area contributed by atoms with E-state index in [2.05, 4.69) is 49.9 Å². The summed E-state index contributed by atoms with van der Waals surface area (Å²) in [6.07, 6.45) is 3.97. The highest BCUT2D eigenvalue weighted by Crippen LogP contribution is 2.35. The number of hydrogen-bond donors (Lipinski definition) is 1. The molecule has 0 spiro atoms. The van der Waals surface area contributed by atoms with Crippen LogP contribution < -0.4 is 4.90 Å². The van der Waals surface area contributed by atoms with E-state index in [1.54, 1.807) is 0 Å². The predicted molar refractivity (Wildman–Crippen MR) is 86.7 cm³/mol. The Morgan fingerprint density at radius 2 is 1.76 bits per heavy atom. The molecule has 2 atom stereocenters. The first-order valence-electron chi connectivity index (χ1n) is 8.04. The average molecular weight is 289 g/mol. The van der Waals surface area contributed by atoms with Crippen LogP contribution in [-0.4, -0.2) is 23.7 Å². The fourth-order valence-corrected chi connectivity index (χ4v) is 3.68. The third-order valence-electron chi connectivity index (χ3n) is 4.78. The average Bonchev–Trinajstić information content (AvgIpc) is 2.43. The first kappa shape index (κ1) is 15.9. The van der Waals surface area contributed by atoms with Gasteiger partial charge in [0.25, 0.3) is 0 Å². The van der Waals surface area contributed by atoms with E-state index in [0.29, 0.717) is 24.4 Å². The molecule has 2 unspecified atom stereocenters. The topological polar surface area (TPSA) is 40.5 Å². The summed E-state index contributed by atoms with van der Waals surface area (Å²) in [6.45, 7) is 7.29. The lowest BCUT2D eigenvalue weighted by Gasteiger charge is -2.44. The molecule has 1 fully saturated rings. The minimum absolute atomic E-state index is 0.198. The van der Waals surface area contributed by atoms with Crippen molar-refractivity contribution in [3.8, 4) is 0 Å². The van der Waals surface area contributed by atoms with Crippen molar-refractivity contribution >= 4 is 11.7 Å². The van der Waals surface area contributed by atoms with E-state index >= 15 is 0 Å². The quantitative estimate of drug-likeness (QED) is 0.887. The van der Waals surface area contributed by atoms with Gasteiger partial charge in [-0.3, -0.25) is 4.79 Å². The van der Waals surface area contributed by atoms with E-state index < -0.39 is 5.97 Å². The minimum atomic E-state index is -0.719. The van der Waals surface area contributed by atoms with E-state index in [1.807, 2.05) is 0 Å². The van der Waals surface area contributed by atoms with Crippen LogP contribution in [0.3, 0.4) is 0 Å². The second-order valence-corrected chi connectivity index (χ2v) is 6.55. The van der Waals surface area contributed by atoms with Crippen LogP contribution in [0.2, 0.25) is 0 Å². The van der Waals surface area contributed by atoms with Crippen LogP contribution in [0.15, 0.2) is 24.3 Å². The monoisotopic (exact) mass is 289 g/mol. The summed E-state index contributed by atoms with van der Waals surface area (Å²) < 4.78 is 0. The highest BCUT2D eigenvalue weighted by atomic mass is 16.4. The number of benzene rings is 1. The number of aryl methyl sites for hydroxylation is 1. The maximum absolute atomic E-state index is 11.0. The maximum atomic E-state index is 11.0. The molecule has 3 heteroatoms. The molecule has 21 heavy (non-hydrogen) atoms. The number of carboxylic acids is 1. The van der Waals surface area contributed by atoms with E-state index in [4.69, 9.17) is 5.11 Å². The Morgan fingerprint density at radius 1 is 1.19 bits per heavy atom. The highest BCUT2D eigenvalue weighted by Gasteiger charge is 2.32. The number of carbonyl (C=O) groups is 1. The molecular weight excluding hydrogens is 262 g/mol. The molecule has 1 aliphatic rings. The Labute approximate surface area is 128 Å². The molecule has 0 heterocycles. The van der Waals surface area contributed by atoms with Crippen molar-refractivity contribution in [2.24, 2.45) is 11.8 Å². The summed E-state index contributed by atoms with van der Waals surface area (Å²) in [5.74, 6) is 0.510. The van der Waals surface area contributed by atoms with Crippen LogP contribution in [0.1, 0.15) is 45.1 Å². The Bertz CT molecular complexity index is 459.